The van der Waals surface area contributed by atoms with E-state index >= 15 is 0 Å². The summed E-state index contributed by atoms with van der Waals surface area (Å²) in [6.07, 6.45) is -0.225. The van der Waals surface area contributed by atoms with Crippen LogP contribution in [-0.4, -0.2) is 25.4 Å². The van der Waals surface area contributed by atoms with Gasteiger partial charge in [0.05, 0.1) is 6.42 Å². The van der Waals surface area contributed by atoms with Gasteiger partial charge in [-0.1, -0.05) is 30.3 Å². The van der Waals surface area contributed by atoms with Gasteiger partial charge < -0.3 is 14.9 Å². The molecular formula is C13H17NO3. The fourth-order valence-corrected chi connectivity index (χ4v) is 1.40. The summed E-state index contributed by atoms with van der Waals surface area (Å²) in [4.78, 5) is 11.3. The molecule has 0 heterocycles. The summed E-state index contributed by atoms with van der Waals surface area (Å²) in [5.41, 5.74) is 1.26. The van der Waals surface area contributed by atoms with Crippen molar-refractivity contribution in [2.75, 3.05) is 13.7 Å². The van der Waals surface area contributed by atoms with Crippen LogP contribution >= 0.6 is 0 Å². The molecule has 92 valence electrons. The average molecular weight is 235 g/mol. The molecule has 0 amide bonds. The number of nitrogens with one attached hydrogen (secondary N) is 1. The Labute approximate surface area is 101 Å². The van der Waals surface area contributed by atoms with Crippen molar-refractivity contribution in [2.24, 2.45) is 0 Å². The minimum atomic E-state index is -0.393. The molecule has 4 nitrogen and oxygen atoms in total. The van der Waals surface area contributed by atoms with Gasteiger partial charge in [-0.25, -0.2) is 0 Å². The van der Waals surface area contributed by atoms with E-state index < -0.39 is 5.97 Å². The molecule has 0 aliphatic rings. The maximum Gasteiger partial charge on any atom is 0.311 e. The summed E-state index contributed by atoms with van der Waals surface area (Å²) in [6, 6.07) is 9.57. The van der Waals surface area contributed by atoms with Crippen LogP contribution in [0.5, 0.6) is 0 Å². The molecule has 0 unspecified atom stereocenters. The van der Waals surface area contributed by atoms with Crippen molar-refractivity contribution in [1.82, 2.24) is 0 Å². The molecule has 0 saturated heterocycles. The molecule has 1 aromatic carbocycles. The number of carbonyl (C=O) groups is 1. The fourth-order valence-electron chi connectivity index (χ4n) is 1.40. The Bertz CT molecular complexity index is 376. The second-order valence-corrected chi connectivity index (χ2v) is 3.78. The molecule has 0 aliphatic carbocycles. The van der Waals surface area contributed by atoms with Crippen LogP contribution in [0, 0.1) is 5.41 Å². The lowest BCUT2D eigenvalue weighted by Crippen LogP contribution is -2.15. The molecule has 1 rings (SSSR count). The van der Waals surface area contributed by atoms with E-state index in [1.54, 1.807) is 14.0 Å². The molecule has 1 aromatic rings. The zero-order chi connectivity index (χ0) is 12.7. The van der Waals surface area contributed by atoms with Crippen molar-refractivity contribution < 1.29 is 14.3 Å². The molecule has 17 heavy (non-hydrogen) atoms. The van der Waals surface area contributed by atoms with Crippen molar-refractivity contribution >= 4 is 11.7 Å². The third kappa shape index (κ3) is 4.78. The number of benzene rings is 1. The summed E-state index contributed by atoms with van der Waals surface area (Å²) >= 11 is 0. The van der Waals surface area contributed by atoms with Crippen LogP contribution in [0.3, 0.4) is 0 Å². The standard InChI is InChI=1S/C13H17NO3/c1-10(14)8-13(15)17-9-12(16-2)11-6-4-3-5-7-11/h3-7,12,14H,8-9H2,1-2H3/t12-/m0/s1. The number of rotatable bonds is 6. The van der Waals surface area contributed by atoms with Gasteiger partial charge >= 0.3 is 5.97 Å². The Hall–Kier alpha value is -1.68. The van der Waals surface area contributed by atoms with Gasteiger partial charge in [0, 0.05) is 12.8 Å². The average Bonchev–Trinajstić information content (AvgIpc) is 2.30. The van der Waals surface area contributed by atoms with E-state index in [0.717, 1.165) is 5.56 Å². The maximum absolute atomic E-state index is 11.3. The first-order chi connectivity index (χ1) is 8.13. The summed E-state index contributed by atoms with van der Waals surface area (Å²) in [7, 11) is 1.58. The van der Waals surface area contributed by atoms with E-state index in [-0.39, 0.29) is 19.1 Å². The smallest absolute Gasteiger partial charge is 0.311 e. The van der Waals surface area contributed by atoms with Crippen LogP contribution in [0.1, 0.15) is 25.0 Å². The van der Waals surface area contributed by atoms with Gasteiger partial charge in [-0.3, -0.25) is 4.79 Å². The fraction of sp³-hybridized carbons (Fsp3) is 0.385. The van der Waals surface area contributed by atoms with Crippen LogP contribution in [-0.2, 0) is 14.3 Å². The lowest BCUT2D eigenvalue weighted by Gasteiger charge is -2.15. The van der Waals surface area contributed by atoms with Crippen molar-refractivity contribution in [1.29, 1.82) is 5.41 Å². The van der Waals surface area contributed by atoms with Gasteiger partial charge in [0.1, 0.15) is 12.7 Å². The Kier molecular flexibility index (Phi) is 5.36. The number of esters is 1. The summed E-state index contributed by atoms with van der Waals surface area (Å²) in [6.45, 7) is 1.75. The normalized spacial score (nSPS) is 11.9. The lowest BCUT2D eigenvalue weighted by molar-refractivity contribution is -0.145. The highest BCUT2D eigenvalue weighted by Gasteiger charge is 2.13. The van der Waals surface area contributed by atoms with Gasteiger partial charge in [0.25, 0.3) is 0 Å². The number of hydrogen-bond donors (Lipinski definition) is 1. The topological polar surface area (TPSA) is 59.4 Å². The van der Waals surface area contributed by atoms with Gasteiger partial charge in [-0.15, -0.1) is 0 Å². The second-order valence-electron chi connectivity index (χ2n) is 3.78. The predicted octanol–water partition coefficient (Wildman–Crippen LogP) is 2.35. The van der Waals surface area contributed by atoms with Crippen LogP contribution in [0.2, 0.25) is 0 Å². The lowest BCUT2D eigenvalue weighted by atomic mass is 10.1. The first-order valence-electron chi connectivity index (χ1n) is 5.41. The first-order valence-corrected chi connectivity index (χ1v) is 5.41. The molecule has 0 saturated carbocycles. The van der Waals surface area contributed by atoms with Crippen LogP contribution in [0.15, 0.2) is 30.3 Å². The molecule has 1 N–H and O–H groups in total. The Balaban J connectivity index is 2.49. The molecule has 4 heteroatoms. The number of carbonyl (C=O) groups excluding carboxylic acids is 1. The SMILES string of the molecule is CO[C@@H](COC(=O)CC(C)=N)c1ccccc1. The largest absolute Gasteiger partial charge is 0.462 e. The molecule has 0 aliphatic heterocycles. The van der Waals surface area contributed by atoms with Crippen molar-refractivity contribution in [3.63, 3.8) is 0 Å². The molecule has 0 bridgehead atoms. The van der Waals surface area contributed by atoms with Crippen LogP contribution in [0.25, 0.3) is 0 Å². The highest BCUT2D eigenvalue weighted by Crippen LogP contribution is 2.16. The van der Waals surface area contributed by atoms with Gasteiger partial charge in [0.2, 0.25) is 0 Å². The zero-order valence-electron chi connectivity index (χ0n) is 10.1. The van der Waals surface area contributed by atoms with Crippen molar-refractivity contribution in [3.05, 3.63) is 35.9 Å². The predicted molar refractivity (Wildman–Crippen MR) is 65.2 cm³/mol. The zero-order valence-corrected chi connectivity index (χ0v) is 10.1. The third-order valence-electron chi connectivity index (χ3n) is 2.26. The highest BCUT2D eigenvalue weighted by molar-refractivity contribution is 5.95. The monoisotopic (exact) mass is 235 g/mol. The van der Waals surface area contributed by atoms with Gasteiger partial charge in [-0.2, -0.15) is 0 Å². The van der Waals surface area contributed by atoms with E-state index in [4.69, 9.17) is 14.9 Å². The van der Waals surface area contributed by atoms with Crippen molar-refractivity contribution in [3.8, 4) is 0 Å². The Morgan fingerprint density at radius 2 is 2.00 bits per heavy atom. The number of hydrogen-bond acceptors (Lipinski definition) is 4. The van der Waals surface area contributed by atoms with Gasteiger partial charge in [-0.05, 0) is 12.5 Å². The first kappa shape index (κ1) is 13.4. The summed E-state index contributed by atoms with van der Waals surface area (Å²) < 4.78 is 10.3. The third-order valence-corrected chi connectivity index (χ3v) is 2.26. The van der Waals surface area contributed by atoms with E-state index in [2.05, 4.69) is 0 Å². The quantitative estimate of drug-likeness (QED) is 0.608. The highest BCUT2D eigenvalue weighted by atomic mass is 16.6. The van der Waals surface area contributed by atoms with Crippen LogP contribution < -0.4 is 0 Å². The van der Waals surface area contributed by atoms with Crippen molar-refractivity contribution in [2.45, 2.75) is 19.4 Å². The summed E-state index contributed by atoms with van der Waals surface area (Å²) in [5.74, 6) is -0.393. The van der Waals surface area contributed by atoms with Gasteiger partial charge in [0.15, 0.2) is 0 Å². The molecule has 0 spiro atoms. The number of methoxy groups -OCH3 is 1. The Morgan fingerprint density at radius 3 is 2.53 bits per heavy atom. The minimum Gasteiger partial charge on any atom is -0.462 e. The molecular weight excluding hydrogens is 218 g/mol. The Morgan fingerprint density at radius 1 is 1.35 bits per heavy atom. The molecule has 0 radical (unpaired) electrons. The molecule has 1 atom stereocenters. The van der Waals surface area contributed by atoms with E-state index in [9.17, 15) is 4.79 Å². The number of ether oxygens (including phenoxy) is 2. The van der Waals surface area contributed by atoms with E-state index in [1.807, 2.05) is 30.3 Å². The van der Waals surface area contributed by atoms with Crippen LogP contribution in [0.4, 0.5) is 0 Å². The summed E-state index contributed by atoms with van der Waals surface area (Å²) in [5, 5.41) is 7.19. The molecule has 0 fully saturated rings. The minimum absolute atomic E-state index is 0.0330. The van der Waals surface area contributed by atoms with E-state index in [1.165, 1.54) is 0 Å². The van der Waals surface area contributed by atoms with E-state index in [0.29, 0.717) is 5.71 Å². The maximum atomic E-state index is 11.3. The molecule has 0 aromatic heterocycles. The second kappa shape index (κ2) is 6.81.